The van der Waals surface area contributed by atoms with Gasteiger partial charge in [-0.15, -0.1) is 12.6 Å². The zero-order chi connectivity index (χ0) is 18.8. The lowest BCUT2D eigenvalue weighted by atomic mass is 9.69. The fourth-order valence-electron chi connectivity index (χ4n) is 4.01. The zero-order valence-electron chi connectivity index (χ0n) is 12.7. The van der Waals surface area contributed by atoms with E-state index in [1.807, 2.05) is 0 Å². The van der Waals surface area contributed by atoms with Crippen LogP contribution >= 0.6 is 25.3 Å². The minimum absolute atomic E-state index is 0.0847. The van der Waals surface area contributed by atoms with Crippen LogP contribution < -0.4 is 0 Å². The van der Waals surface area contributed by atoms with Crippen molar-refractivity contribution < 1.29 is 31.1 Å². The van der Waals surface area contributed by atoms with Gasteiger partial charge in [0.25, 0.3) is 0 Å². The van der Waals surface area contributed by atoms with Gasteiger partial charge < -0.3 is 4.74 Å². The Bertz CT molecular complexity index is 790. The maximum atomic E-state index is 14.5. The maximum Gasteiger partial charge on any atom is 0.380 e. The van der Waals surface area contributed by atoms with E-state index in [-0.39, 0.29) is 25.8 Å². The third kappa shape index (κ3) is 1.63. The molecule has 4 aliphatic rings. The third-order valence-corrected chi connectivity index (χ3v) is 7.78. The van der Waals surface area contributed by atoms with Crippen molar-refractivity contribution in [1.82, 2.24) is 0 Å². The Morgan fingerprint density at radius 1 is 0.880 bits per heavy atom. The standard InChI is InChI=1S/C15H10F6OS2Si/c1-11-5(3-7(23)22-11)9-10(6-4-8(24)25-12(6,11)2)14(18,19)15(20,21)13(9,16)17/h3-4,23-24H,1-2H3. The van der Waals surface area contributed by atoms with Crippen LogP contribution in [0.3, 0.4) is 0 Å². The molecule has 0 saturated heterocycles. The second-order valence-corrected chi connectivity index (χ2v) is 9.83. The molecule has 1 nitrogen and oxygen atoms in total. The van der Waals surface area contributed by atoms with Gasteiger partial charge in [0.05, 0.1) is 0 Å². The van der Waals surface area contributed by atoms with Crippen molar-refractivity contribution >= 4 is 34.8 Å². The van der Waals surface area contributed by atoms with Gasteiger partial charge in [0.2, 0.25) is 0 Å². The van der Waals surface area contributed by atoms with E-state index in [9.17, 15) is 26.3 Å². The van der Waals surface area contributed by atoms with E-state index in [2.05, 4.69) is 25.3 Å². The predicted octanol–water partition coefficient (Wildman–Crippen LogP) is 4.74. The van der Waals surface area contributed by atoms with Crippen LogP contribution in [0.1, 0.15) is 13.8 Å². The fourth-order valence-corrected chi connectivity index (χ4v) is 6.61. The highest BCUT2D eigenvalue weighted by atomic mass is 32.1. The Kier molecular flexibility index (Phi) is 3.10. The molecule has 0 aromatic rings. The van der Waals surface area contributed by atoms with Gasteiger partial charge in [0.15, 0.2) is 5.09 Å². The van der Waals surface area contributed by atoms with Gasteiger partial charge in [0.1, 0.15) is 15.1 Å². The van der Waals surface area contributed by atoms with Crippen molar-refractivity contribution in [3.8, 4) is 0 Å². The molecule has 1 saturated carbocycles. The summed E-state index contributed by atoms with van der Waals surface area (Å²) in [6.45, 7) is 2.97. The van der Waals surface area contributed by atoms with Crippen molar-refractivity contribution in [2.24, 2.45) is 0 Å². The number of rotatable bonds is 0. The molecule has 0 spiro atoms. The molecule has 0 amide bonds. The van der Waals surface area contributed by atoms with Gasteiger partial charge in [0, 0.05) is 21.8 Å². The summed E-state index contributed by atoms with van der Waals surface area (Å²) in [5.74, 6) is -15.6. The summed E-state index contributed by atoms with van der Waals surface area (Å²) in [4.78, 5) is 0. The first-order valence-electron chi connectivity index (χ1n) is 7.14. The topological polar surface area (TPSA) is 9.23 Å². The van der Waals surface area contributed by atoms with Crippen LogP contribution in [-0.2, 0) is 4.74 Å². The summed E-state index contributed by atoms with van der Waals surface area (Å²) in [7, 11) is -0.197. The van der Waals surface area contributed by atoms with E-state index < -0.39 is 39.6 Å². The first-order chi connectivity index (χ1) is 11.2. The van der Waals surface area contributed by atoms with Crippen molar-refractivity contribution in [3.05, 3.63) is 44.1 Å². The Balaban J connectivity index is 2.20. The summed E-state index contributed by atoms with van der Waals surface area (Å²) < 4.78 is 92.1. The summed E-state index contributed by atoms with van der Waals surface area (Å²) >= 11 is 8.17. The van der Waals surface area contributed by atoms with Crippen molar-refractivity contribution in [2.45, 2.75) is 42.3 Å². The Morgan fingerprint density at radius 2 is 1.40 bits per heavy atom. The number of alkyl halides is 6. The van der Waals surface area contributed by atoms with E-state index in [1.54, 1.807) is 0 Å². The smallest absolute Gasteiger partial charge is 0.380 e. The Hall–Kier alpha value is -0.743. The number of hydrogen-bond donors (Lipinski definition) is 2. The normalized spacial score (nSPS) is 39.6. The van der Waals surface area contributed by atoms with Crippen LogP contribution in [0.5, 0.6) is 0 Å². The highest BCUT2D eigenvalue weighted by Crippen LogP contribution is 2.72. The molecule has 10 heteroatoms. The summed E-state index contributed by atoms with van der Waals surface area (Å²) in [6.07, 6.45) is 2.22. The first kappa shape index (κ1) is 17.7. The average molecular weight is 412 g/mol. The SMILES string of the molecule is CC12OC(S)=CC1=C1C(=C3C=C(S)[Si]C32C)C(F)(F)C(F)(F)C1(F)F. The predicted molar refractivity (Wildman–Crippen MR) is 86.6 cm³/mol. The van der Waals surface area contributed by atoms with Gasteiger partial charge in [-0.1, -0.05) is 13.0 Å². The van der Waals surface area contributed by atoms with E-state index in [4.69, 9.17) is 4.74 Å². The molecule has 2 unspecified atom stereocenters. The maximum absolute atomic E-state index is 14.5. The molecule has 1 fully saturated rings. The third-order valence-electron chi connectivity index (χ3n) is 5.45. The molecule has 2 aliphatic carbocycles. The van der Waals surface area contributed by atoms with Crippen LogP contribution in [0.15, 0.2) is 44.1 Å². The van der Waals surface area contributed by atoms with Crippen LogP contribution in [0.4, 0.5) is 26.3 Å². The first-order valence-corrected chi connectivity index (χ1v) is 9.04. The van der Waals surface area contributed by atoms with E-state index in [1.165, 1.54) is 19.9 Å². The van der Waals surface area contributed by atoms with Gasteiger partial charge in [-0.2, -0.15) is 39.0 Å². The number of hydrogen-bond acceptors (Lipinski definition) is 3. The molecular formula is C15H10F6OS2Si. The molecule has 0 bridgehead atoms. The molecule has 2 heterocycles. The van der Waals surface area contributed by atoms with Crippen molar-refractivity contribution in [1.29, 1.82) is 0 Å². The largest absolute Gasteiger partial charge is 0.476 e. The quantitative estimate of drug-likeness (QED) is 0.332. The van der Waals surface area contributed by atoms with Gasteiger partial charge in [-0.05, 0) is 23.1 Å². The van der Waals surface area contributed by atoms with Gasteiger partial charge >= 0.3 is 17.8 Å². The van der Waals surface area contributed by atoms with Crippen LogP contribution in [0, 0.1) is 0 Å². The minimum atomic E-state index is -5.54. The molecule has 2 atom stereocenters. The van der Waals surface area contributed by atoms with E-state index >= 15 is 0 Å². The van der Waals surface area contributed by atoms with Crippen molar-refractivity contribution in [2.75, 3.05) is 0 Å². The summed E-state index contributed by atoms with van der Waals surface area (Å²) in [6, 6.07) is 0. The summed E-state index contributed by atoms with van der Waals surface area (Å²) in [5, 5.41) is -1.31. The molecule has 2 radical (unpaired) electrons. The summed E-state index contributed by atoms with van der Waals surface area (Å²) in [5.41, 5.74) is -4.82. The number of halogens is 6. The molecule has 134 valence electrons. The second kappa shape index (κ2) is 4.39. The molecule has 0 aromatic carbocycles. The second-order valence-electron chi connectivity index (χ2n) is 6.70. The Morgan fingerprint density at radius 3 is 1.96 bits per heavy atom. The number of thiol groups is 2. The lowest BCUT2D eigenvalue weighted by molar-refractivity contribution is -0.258. The number of fused-ring (bicyclic) bond motifs is 4. The molecular weight excluding hydrogens is 402 g/mol. The lowest BCUT2D eigenvalue weighted by Crippen LogP contribution is -2.47. The average Bonchev–Trinajstić information content (AvgIpc) is 2.95. The number of allylic oxidation sites excluding steroid dienone is 3. The van der Waals surface area contributed by atoms with Gasteiger partial charge in [-0.3, -0.25) is 0 Å². The van der Waals surface area contributed by atoms with Crippen LogP contribution in [-0.4, -0.2) is 32.9 Å². The molecule has 0 aromatic heterocycles. The minimum Gasteiger partial charge on any atom is -0.476 e. The molecule has 25 heavy (non-hydrogen) atoms. The molecule has 2 aliphatic heterocycles. The zero-order valence-corrected chi connectivity index (χ0v) is 15.5. The highest BCUT2D eigenvalue weighted by molar-refractivity contribution is 7.86. The molecule has 0 N–H and O–H groups in total. The number of ether oxygens (including phenoxy) is 1. The molecule has 4 rings (SSSR count). The highest BCUT2D eigenvalue weighted by Gasteiger charge is 2.84. The monoisotopic (exact) mass is 412 g/mol. The Labute approximate surface area is 152 Å². The van der Waals surface area contributed by atoms with E-state index in [0.29, 0.717) is 4.53 Å². The van der Waals surface area contributed by atoms with E-state index in [0.717, 1.165) is 6.08 Å². The van der Waals surface area contributed by atoms with Crippen LogP contribution in [0.25, 0.3) is 0 Å². The van der Waals surface area contributed by atoms with Gasteiger partial charge in [-0.25, -0.2) is 0 Å². The fraction of sp³-hybridized carbons (Fsp3) is 0.467. The lowest BCUT2D eigenvalue weighted by Gasteiger charge is -2.47. The van der Waals surface area contributed by atoms with Crippen LogP contribution in [0.2, 0.25) is 5.04 Å². The van der Waals surface area contributed by atoms with Crippen molar-refractivity contribution in [3.63, 3.8) is 0 Å².